The molecule has 0 spiro atoms. The quantitative estimate of drug-likeness (QED) is 0.353. The van der Waals surface area contributed by atoms with E-state index in [2.05, 4.69) is 41.3 Å². The summed E-state index contributed by atoms with van der Waals surface area (Å²) >= 11 is 3.02. The molecule has 1 atom stereocenters. The summed E-state index contributed by atoms with van der Waals surface area (Å²) in [7, 11) is 0. The van der Waals surface area contributed by atoms with Gasteiger partial charge in [-0.3, -0.25) is 4.79 Å². The molecule has 1 aromatic carbocycles. The van der Waals surface area contributed by atoms with Gasteiger partial charge in [0.25, 0.3) is 5.56 Å². The van der Waals surface area contributed by atoms with Gasteiger partial charge in [-0.25, -0.2) is 4.98 Å². The van der Waals surface area contributed by atoms with Gasteiger partial charge in [-0.05, 0) is 47.4 Å². The minimum absolute atomic E-state index is 0.0668. The molecule has 0 aliphatic heterocycles. The first-order chi connectivity index (χ1) is 14.1. The van der Waals surface area contributed by atoms with Crippen molar-refractivity contribution in [1.29, 1.82) is 0 Å². The van der Waals surface area contributed by atoms with Crippen LogP contribution >= 0.6 is 23.1 Å². The van der Waals surface area contributed by atoms with Crippen LogP contribution < -0.4 is 5.56 Å². The molecule has 150 valence electrons. The monoisotopic (exact) mass is 426 g/mol. The Morgan fingerprint density at radius 3 is 2.83 bits per heavy atom. The number of aryl methyl sites for hydroxylation is 1. The first kappa shape index (κ1) is 19.8. The van der Waals surface area contributed by atoms with E-state index in [1.54, 1.807) is 16.0 Å². The Morgan fingerprint density at radius 2 is 2.07 bits per heavy atom. The van der Waals surface area contributed by atoms with E-state index in [9.17, 15) is 4.79 Å². The second kappa shape index (κ2) is 8.46. The molecule has 0 amide bonds. The summed E-state index contributed by atoms with van der Waals surface area (Å²) in [6, 6.07) is 9.73. The van der Waals surface area contributed by atoms with Crippen molar-refractivity contribution in [3.05, 3.63) is 57.0 Å². The average molecular weight is 427 g/mol. The highest BCUT2D eigenvalue weighted by molar-refractivity contribution is 7.98. The fraction of sp³-hybridized carbons (Fsp3) is 0.350. The number of aromatic amines is 1. The van der Waals surface area contributed by atoms with Crippen molar-refractivity contribution in [2.45, 2.75) is 44.5 Å². The van der Waals surface area contributed by atoms with Gasteiger partial charge in [0.05, 0.1) is 16.8 Å². The molecular formula is C20H22N6OS2. The third-order valence-corrected chi connectivity index (χ3v) is 6.87. The molecule has 0 aliphatic rings. The fourth-order valence-corrected chi connectivity index (χ4v) is 5.04. The Morgan fingerprint density at radius 1 is 1.28 bits per heavy atom. The second-order valence-electron chi connectivity index (χ2n) is 7.04. The molecule has 7 nitrogen and oxygen atoms in total. The highest BCUT2D eigenvalue weighted by Crippen LogP contribution is 2.31. The molecular weight excluding hydrogens is 404 g/mol. The SMILES string of the molecule is CC[C@H](C)Cc1c(C)sc2nc(SCc3nnnn3-c3ccccc3)[nH]c(=O)c12. The molecule has 1 N–H and O–H groups in total. The molecule has 3 aromatic heterocycles. The van der Waals surface area contributed by atoms with Gasteiger partial charge >= 0.3 is 0 Å². The number of tetrazole rings is 1. The maximum absolute atomic E-state index is 12.8. The van der Waals surface area contributed by atoms with Crippen molar-refractivity contribution in [2.75, 3.05) is 0 Å². The highest BCUT2D eigenvalue weighted by atomic mass is 32.2. The average Bonchev–Trinajstić information content (AvgIpc) is 3.31. The number of fused-ring (bicyclic) bond motifs is 1. The zero-order valence-electron chi connectivity index (χ0n) is 16.5. The van der Waals surface area contributed by atoms with Gasteiger partial charge < -0.3 is 4.98 Å². The lowest BCUT2D eigenvalue weighted by Crippen LogP contribution is -2.11. The minimum Gasteiger partial charge on any atom is -0.301 e. The summed E-state index contributed by atoms with van der Waals surface area (Å²) in [4.78, 5) is 22.4. The number of thioether (sulfide) groups is 1. The number of H-pyrrole nitrogens is 1. The maximum atomic E-state index is 12.8. The summed E-state index contributed by atoms with van der Waals surface area (Å²) in [6.45, 7) is 6.46. The number of thiophene rings is 1. The Bertz CT molecular complexity index is 1180. The van der Waals surface area contributed by atoms with Crippen LogP contribution in [0.3, 0.4) is 0 Å². The Kier molecular flexibility index (Phi) is 5.77. The largest absolute Gasteiger partial charge is 0.301 e. The van der Waals surface area contributed by atoms with E-state index < -0.39 is 0 Å². The molecule has 0 radical (unpaired) electrons. The number of hydrogen-bond donors (Lipinski definition) is 1. The Balaban J connectivity index is 1.59. The first-order valence-electron chi connectivity index (χ1n) is 9.54. The van der Waals surface area contributed by atoms with Crippen molar-refractivity contribution >= 4 is 33.3 Å². The van der Waals surface area contributed by atoms with Crippen molar-refractivity contribution in [3.8, 4) is 5.69 Å². The number of aromatic nitrogens is 6. The molecule has 0 saturated carbocycles. The van der Waals surface area contributed by atoms with Crippen LogP contribution in [0, 0.1) is 12.8 Å². The van der Waals surface area contributed by atoms with Gasteiger partial charge in [0.1, 0.15) is 4.83 Å². The molecule has 3 heterocycles. The van der Waals surface area contributed by atoms with E-state index in [-0.39, 0.29) is 5.56 Å². The number of rotatable bonds is 7. The molecule has 0 bridgehead atoms. The van der Waals surface area contributed by atoms with E-state index in [1.165, 1.54) is 16.6 Å². The Labute approximate surface area is 176 Å². The van der Waals surface area contributed by atoms with Gasteiger partial charge in [0.15, 0.2) is 11.0 Å². The van der Waals surface area contributed by atoms with Crippen LogP contribution in [0.4, 0.5) is 0 Å². The van der Waals surface area contributed by atoms with Crippen LogP contribution in [0.15, 0.2) is 40.3 Å². The fourth-order valence-electron chi connectivity index (χ4n) is 3.16. The predicted molar refractivity (Wildman–Crippen MR) is 117 cm³/mol. The number of nitrogens with one attached hydrogen (secondary N) is 1. The van der Waals surface area contributed by atoms with Crippen molar-refractivity contribution in [1.82, 2.24) is 30.2 Å². The van der Waals surface area contributed by atoms with Gasteiger partial charge in [-0.1, -0.05) is 50.2 Å². The first-order valence-corrected chi connectivity index (χ1v) is 11.3. The van der Waals surface area contributed by atoms with Gasteiger partial charge in [0, 0.05) is 4.88 Å². The third-order valence-electron chi connectivity index (χ3n) is 4.96. The van der Waals surface area contributed by atoms with Crippen LogP contribution in [0.2, 0.25) is 0 Å². The Hall–Kier alpha value is -2.52. The molecule has 0 fully saturated rings. The normalized spacial score (nSPS) is 12.5. The number of benzene rings is 1. The number of hydrogen-bond acceptors (Lipinski definition) is 7. The molecule has 4 rings (SSSR count). The highest BCUT2D eigenvalue weighted by Gasteiger charge is 2.17. The lowest BCUT2D eigenvalue weighted by molar-refractivity contribution is 0.561. The van der Waals surface area contributed by atoms with Crippen LogP contribution in [0.1, 0.15) is 36.5 Å². The van der Waals surface area contributed by atoms with E-state index in [1.807, 2.05) is 30.3 Å². The maximum Gasteiger partial charge on any atom is 0.260 e. The van der Waals surface area contributed by atoms with Crippen LogP contribution in [0.5, 0.6) is 0 Å². The van der Waals surface area contributed by atoms with E-state index in [0.29, 0.717) is 22.7 Å². The van der Waals surface area contributed by atoms with Crippen LogP contribution in [0.25, 0.3) is 15.9 Å². The van der Waals surface area contributed by atoms with Crippen LogP contribution in [-0.4, -0.2) is 30.2 Å². The number of para-hydroxylation sites is 1. The molecule has 4 aromatic rings. The molecule has 0 aliphatic carbocycles. The smallest absolute Gasteiger partial charge is 0.260 e. The second-order valence-corrected chi connectivity index (χ2v) is 9.20. The van der Waals surface area contributed by atoms with E-state index >= 15 is 0 Å². The van der Waals surface area contributed by atoms with Crippen molar-refractivity contribution in [3.63, 3.8) is 0 Å². The lowest BCUT2D eigenvalue weighted by Gasteiger charge is -2.08. The summed E-state index contributed by atoms with van der Waals surface area (Å²) in [5, 5.41) is 13.3. The summed E-state index contributed by atoms with van der Waals surface area (Å²) in [6.07, 6.45) is 2.00. The van der Waals surface area contributed by atoms with E-state index in [4.69, 9.17) is 4.98 Å². The predicted octanol–water partition coefficient (Wildman–Crippen LogP) is 4.15. The van der Waals surface area contributed by atoms with Crippen molar-refractivity contribution in [2.24, 2.45) is 5.92 Å². The molecule has 29 heavy (non-hydrogen) atoms. The minimum atomic E-state index is -0.0668. The van der Waals surface area contributed by atoms with Crippen LogP contribution in [-0.2, 0) is 12.2 Å². The van der Waals surface area contributed by atoms with E-state index in [0.717, 1.165) is 34.3 Å². The molecule has 0 saturated heterocycles. The summed E-state index contributed by atoms with van der Waals surface area (Å²) < 4.78 is 1.70. The topological polar surface area (TPSA) is 89.3 Å². The molecule has 9 heteroatoms. The molecule has 0 unspecified atom stereocenters. The van der Waals surface area contributed by atoms with Gasteiger partial charge in [-0.2, -0.15) is 4.68 Å². The standard InChI is InChI=1S/C20H22N6OS2/c1-4-12(2)10-15-13(3)29-19-17(15)18(27)21-20(22-19)28-11-16-23-24-25-26(16)14-8-6-5-7-9-14/h5-9,12H,4,10-11H2,1-3H3,(H,21,22,27)/t12-/m0/s1. The summed E-state index contributed by atoms with van der Waals surface area (Å²) in [5.41, 5.74) is 1.97. The van der Waals surface area contributed by atoms with Gasteiger partial charge in [-0.15, -0.1) is 16.4 Å². The zero-order valence-corrected chi connectivity index (χ0v) is 18.2. The van der Waals surface area contributed by atoms with Gasteiger partial charge in [0.2, 0.25) is 0 Å². The zero-order chi connectivity index (χ0) is 20.4. The lowest BCUT2D eigenvalue weighted by atomic mass is 9.98. The summed E-state index contributed by atoms with van der Waals surface area (Å²) in [5.74, 6) is 1.74. The number of nitrogens with zero attached hydrogens (tertiary/aromatic N) is 5. The van der Waals surface area contributed by atoms with Crippen molar-refractivity contribution < 1.29 is 0 Å². The third kappa shape index (κ3) is 4.11.